The van der Waals surface area contributed by atoms with Crippen LogP contribution >= 0.6 is 0 Å². The van der Waals surface area contributed by atoms with E-state index in [1.165, 1.54) is 10.7 Å². The summed E-state index contributed by atoms with van der Waals surface area (Å²) in [5.74, 6) is -0.986. The highest BCUT2D eigenvalue weighted by Crippen LogP contribution is 2.34. The zero-order valence-electron chi connectivity index (χ0n) is 12.4. The fourth-order valence-corrected chi connectivity index (χ4v) is 3.17. The highest BCUT2D eigenvalue weighted by atomic mass is 19.4. The van der Waals surface area contributed by atoms with E-state index in [4.69, 9.17) is 0 Å². The number of nitrogens with one attached hydrogen (secondary N) is 1. The third-order valence-electron chi connectivity index (χ3n) is 4.24. The molecule has 1 saturated carbocycles. The van der Waals surface area contributed by atoms with Gasteiger partial charge in [-0.15, -0.1) is 0 Å². The molecule has 1 aliphatic carbocycles. The number of halogens is 3. The Hall–Kier alpha value is -2.12. The zero-order chi connectivity index (χ0) is 16.4. The Morgan fingerprint density at radius 1 is 1.35 bits per heavy atom. The number of hydrogen-bond donors (Lipinski definition) is 1. The van der Waals surface area contributed by atoms with Gasteiger partial charge in [-0.2, -0.15) is 18.3 Å². The van der Waals surface area contributed by atoms with E-state index in [9.17, 15) is 18.0 Å². The summed E-state index contributed by atoms with van der Waals surface area (Å²) in [4.78, 5) is 16.5. The quantitative estimate of drug-likeness (QED) is 0.943. The molecule has 8 heteroatoms. The van der Waals surface area contributed by atoms with E-state index in [0.29, 0.717) is 18.5 Å². The minimum atomic E-state index is -4.21. The van der Waals surface area contributed by atoms with Crippen molar-refractivity contribution in [3.63, 3.8) is 0 Å². The van der Waals surface area contributed by atoms with Crippen LogP contribution in [-0.4, -0.2) is 32.7 Å². The van der Waals surface area contributed by atoms with Gasteiger partial charge in [0.25, 0.3) is 5.91 Å². The molecule has 2 aromatic heterocycles. The molecular formula is C15H17F3N4O. The molecule has 1 aliphatic rings. The second-order valence-corrected chi connectivity index (χ2v) is 5.89. The number of carbonyl (C=O) groups is 1. The highest BCUT2D eigenvalue weighted by Gasteiger charge is 2.37. The molecule has 3 rings (SSSR count). The normalized spacial score (nSPS) is 22.2. The van der Waals surface area contributed by atoms with Crippen molar-refractivity contribution in [3.05, 3.63) is 30.2 Å². The van der Waals surface area contributed by atoms with Crippen LogP contribution in [0.3, 0.4) is 0 Å². The van der Waals surface area contributed by atoms with Crippen LogP contribution in [0.15, 0.2) is 24.7 Å². The van der Waals surface area contributed by atoms with Gasteiger partial charge >= 0.3 is 6.18 Å². The largest absolute Gasteiger partial charge is 0.389 e. The number of fused-ring (bicyclic) bond motifs is 1. The molecule has 2 atom stereocenters. The third-order valence-corrected chi connectivity index (χ3v) is 4.24. The van der Waals surface area contributed by atoms with Gasteiger partial charge in [0.1, 0.15) is 5.56 Å². The fourth-order valence-electron chi connectivity index (χ4n) is 3.17. The first kappa shape index (κ1) is 15.8. The van der Waals surface area contributed by atoms with Crippen molar-refractivity contribution in [1.82, 2.24) is 19.9 Å². The first-order valence-electron chi connectivity index (χ1n) is 7.60. The molecule has 23 heavy (non-hydrogen) atoms. The lowest BCUT2D eigenvalue weighted by Gasteiger charge is -2.32. The van der Waals surface area contributed by atoms with Crippen molar-refractivity contribution in [2.24, 2.45) is 5.92 Å². The van der Waals surface area contributed by atoms with Gasteiger partial charge in [-0.05, 0) is 24.8 Å². The summed E-state index contributed by atoms with van der Waals surface area (Å²) in [6.07, 6.45) is 2.17. The number of carbonyl (C=O) groups excluding carboxylic acids is 1. The summed E-state index contributed by atoms with van der Waals surface area (Å²) in [6.45, 7) is 0. The first-order valence-corrected chi connectivity index (χ1v) is 7.60. The molecule has 0 aliphatic heterocycles. The number of nitrogens with zero attached hydrogens (tertiary/aromatic N) is 3. The second-order valence-electron chi connectivity index (χ2n) is 5.89. The van der Waals surface area contributed by atoms with Crippen LogP contribution in [0.5, 0.6) is 0 Å². The van der Waals surface area contributed by atoms with Crippen molar-refractivity contribution in [3.8, 4) is 0 Å². The van der Waals surface area contributed by atoms with Crippen molar-refractivity contribution < 1.29 is 18.0 Å². The Bertz CT molecular complexity index is 697. The lowest BCUT2D eigenvalue weighted by molar-refractivity contribution is -0.148. The Balaban J connectivity index is 1.75. The third kappa shape index (κ3) is 3.62. The smallest absolute Gasteiger partial charge is 0.349 e. The highest BCUT2D eigenvalue weighted by molar-refractivity contribution is 5.99. The molecule has 0 aromatic carbocycles. The molecule has 0 unspecified atom stereocenters. The summed E-state index contributed by atoms with van der Waals surface area (Å²) in [6, 6.07) is 1.22. The number of alkyl halides is 3. The average Bonchev–Trinajstić information content (AvgIpc) is 2.92. The monoisotopic (exact) mass is 326 g/mol. The van der Waals surface area contributed by atoms with Gasteiger partial charge in [-0.25, -0.2) is 9.50 Å². The number of amides is 1. The molecule has 1 amide bonds. The predicted molar refractivity (Wildman–Crippen MR) is 76.9 cm³/mol. The van der Waals surface area contributed by atoms with E-state index in [0.717, 1.165) is 12.8 Å². The van der Waals surface area contributed by atoms with Crippen molar-refractivity contribution in [2.75, 3.05) is 0 Å². The minimum Gasteiger partial charge on any atom is -0.349 e. The molecular weight excluding hydrogens is 309 g/mol. The van der Waals surface area contributed by atoms with Crippen molar-refractivity contribution >= 4 is 11.6 Å². The molecule has 1 fully saturated rings. The molecule has 0 saturated heterocycles. The van der Waals surface area contributed by atoms with Gasteiger partial charge in [-0.3, -0.25) is 4.79 Å². The SMILES string of the molecule is O=C(N[C@H]1CCCC[C@H]1CC(F)(F)F)c1cnn2cccnc12. The molecule has 5 nitrogen and oxygen atoms in total. The van der Waals surface area contributed by atoms with E-state index >= 15 is 0 Å². The Labute approximate surface area is 130 Å². The van der Waals surface area contributed by atoms with Gasteiger partial charge in [-0.1, -0.05) is 12.8 Å². The summed E-state index contributed by atoms with van der Waals surface area (Å²) >= 11 is 0. The topological polar surface area (TPSA) is 59.3 Å². The number of rotatable bonds is 3. The maximum absolute atomic E-state index is 12.7. The van der Waals surface area contributed by atoms with E-state index in [1.54, 1.807) is 18.5 Å². The molecule has 1 N–H and O–H groups in total. The van der Waals surface area contributed by atoms with Gasteiger partial charge < -0.3 is 5.32 Å². The van der Waals surface area contributed by atoms with Crippen LogP contribution in [0.4, 0.5) is 13.2 Å². The minimum absolute atomic E-state index is 0.280. The van der Waals surface area contributed by atoms with Crippen molar-refractivity contribution in [2.45, 2.75) is 44.3 Å². The molecule has 124 valence electrons. The lowest BCUT2D eigenvalue weighted by Crippen LogP contribution is -2.43. The zero-order valence-corrected chi connectivity index (χ0v) is 12.4. The summed E-state index contributed by atoms with van der Waals surface area (Å²) in [5.41, 5.74) is 0.676. The molecule has 0 radical (unpaired) electrons. The molecule has 0 spiro atoms. The predicted octanol–water partition coefficient (Wildman–Crippen LogP) is 2.97. The van der Waals surface area contributed by atoms with Crippen molar-refractivity contribution in [1.29, 1.82) is 0 Å². The van der Waals surface area contributed by atoms with Crippen LogP contribution in [0, 0.1) is 5.92 Å². The lowest BCUT2D eigenvalue weighted by atomic mass is 9.82. The molecule has 2 heterocycles. The Morgan fingerprint density at radius 2 is 2.13 bits per heavy atom. The summed E-state index contributed by atoms with van der Waals surface area (Å²) in [5, 5.41) is 6.78. The average molecular weight is 326 g/mol. The van der Waals surface area contributed by atoms with Crippen LogP contribution in [0.2, 0.25) is 0 Å². The summed E-state index contributed by atoms with van der Waals surface area (Å²) < 4.78 is 39.6. The Morgan fingerprint density at radius 3 is 2.91 bits per heavy atom. The van der Waals surface area contributed by atoms with Gasteiger partial charge in [0.2, 0.25) is 0 Å². The maximum Gasteiger partial charge on any atom is 0.389 e. The van der Waals surface area contributed by atoms with E-state index in [2.05, 4.69) is 15.4 Å². The number of hydrogen-bond acceptors (Lipinski definition) is 3. The van der Waals surface area contributed by atoms with Crippen LogP contribution < -0.4 is 5.32 Å². The number of aromatic nitrogens is 3. The fraction of sp³-hybridized carbons (Fsp3) is 0.533. The van der Waals surface area contributed by atoms with Crippen LogP contribution in [0.25, 0.3) is 5.65 Å². The van der Waals surface area contributed by atoms with Gasteiger partial charge in [0, 0.05) is 24.9 Å². The van der Waals surface area contributed by atoms with Gasteiger partial charge in [0.15, 0.2) is 5.65 Å². The first-order chi connectivity index (χ1) is 10.9. The van der Waals surface area contributed by atoms with Crippen LogP contribution in [-0.2, 0) is 0 Å². The summed E-state index contributed by atoms with van der Waals surface area (Å²) in [7, 11) is 0. The van der Waals surface area contributed by atoms with E-state index < -0.39 is 30.5 Å². The maximum atomic E-state index is 12.7. The van der Waals surface area contributed by atoms with Gasteiger partial charge in [0.05, 0.1) is 6.20 Å². The van der Waals surface area contributed by atoms with E-state index in [1.807, 2.05) is 0 Å². The standard InChI is InChI=1S/C15H17F3N4O/c16-15(17,18)8-10-4-1-2-5-12(10)21-14(23)11-9-20-22-7-3-6-19-13(11)22/h3,6-7,9-10,12H,1-2,4-5,8H2,(H,21,23)/t10-,12-/m0/s1. The van der Waals surface area contributed by atoms with Crippen LogP contribution in [0.1, 0.15) is 42.5 Å². The molecule has 2 aromatic rings. The Kier molecular flexibility index (Phi) is 4.23. The van der Waals surface area contributed by atoms with E-state index in [-0.39, 0.29) is 5.56 Å². The molecule has 0 bridgehead atoms. The second kappa shape index (κ2) is 6.17.